The second-order valence-corrected chi connectivity index (χ2v) is 17.8. The van der Waals surface area contributed by atoms with E-state index in [1.165, 1.54) is 61.2 Å². The van der Waals surface area contributed by atoms with Crippen molar-refractivity contribution in [1.82, 2.24) is 0 Å². The van der Waals surface area contributed by atoms with E-state index in [1.807, 2.05) is 0 Å². The topological polar surface area (TPSA) is 6.48 Å². The third-order valence-corrected chi connectivity index (χ3v) is 13.4. The fraction of sp³-hybridized carbons (Fsp3) is 0.100. The van der Waals surface area contributed by atoms with Crippen LogP contribution in [-0.4, -0.2) is 0 Å². The van der Waals surface area contributed by atoms with E-state index in [2.05, 4.69) is 256 Å². The Morgan fingerprint density at radius 1 is 0.258 bits per heavy atom. The Kier molecular flexibility index (Phi) is 8.87. The van der Waals surface area contributed by atoms with Crippen molar-refractivity contribution in [2.75, 3.05) is 9.80 Å². The molecule has 0 bridgehead atoms. The van der Waals surface area contributed by atoms with Crippen LogP contribution in [0.2, 0.25) is 0 Å². The molecular weight excluding hydrogens is 749 g/mol. The Labute approximate surface area is 366 Å². The van der Waals surface area contributed by atoms with Gasteiger partial charge in [0.2, 0.25) is 0 Å². The molecule has 2 aliphatic carbocycles. The maximum absolute atomic E-state index is 2.54. The second-order valence-electron chi connectivity index (χ2n) is 17.8. The van der Waals surface area contributed by atoms with Gasteiger partial charge in [0.05, 0.1) is 0 Å². The van der Waals surface area contributed by atoms with Crippen LogP contribution in [0, 0.1) is 0 Å². The molecule has 11 rings (SSSR count). The predicted molar refractivity (Wildman–Crippen MR) is 262 cm³/mol. The molecular formula is C60H48N2. The van der Waals surface area contributed by atoms with Gasteiger partial charge in [0.25, 0.3) is 0 Å². The largest absolute Gasteiger partial charge is 0.310 e. The molecule has 0 atom stereocenters. The van der Waals surface area contributed by atoms with E-state index in [-0.39, 0.29) is 10.8 Å². The molecule has 9 aromatic carbocycles. The number of hydrogen-bond acceptors (Lipinski definition) is 2. The summed E-state index contributed by atoms with van der Waals surface area (Å²) >= 11 is 0. The molecule has 0 N–H and O–H groups in total. The monoisotopic (exact) mass is 796 g/mol. The molecule has 0 fully saturated rings. The number of hydrogen-bond donors (Lipinski definition) is 0. The van der Waals surface area contributed by atoms with Crippen LogP contribution in [0.1, 0.15) is 49.9 Å². The first-order valence-corrected chi connectivity index (χ1v) is 21.8. The maximum Gasteiger partial charge on any atom is 0.0488 e. The Hall–Kier alpha value is -7.42. The van der Waals surface area contributed by atoms with E-state index < -0.39 is 0 Å². The summed E-state index contributed by atoms with van der Waals surface area (Å²) in [7, 11) is 0. The molecule has 0 aromatic heterocycles. The van der Waals surface area contributed by atoms with Crippen LogP contribution < -0.4 is 9.80 Å². The average molecular weight is 797 g/mol. The van der Waals surface area contributed by atoms with Crippen molar-refractivity contribution in [3.8, 4) is 44.5 Å². The molecule has 2 heteroatoms. The summed E-state index contributed by atoms with van der Waals surface area (Å²) in [6.07, 6.45) is 0. The van der Waals surface area contributed by atoms with Crippen LogP contribution in [0.4, 0.5) is 34.1 Å². The lowest BCUT2D eigenvalue weighted by Gasteiger charge is -2.30. The van der Waals surface area contributed by atoms with Gasteiger partial charge in [0.1, 0.15) is 0 Å². The zero-order chi connectivity index (χ0) is 42.0. The Morgan fingerprint density at radius 2 is 0.694 bits per heavy atom. The Morgan fingerprint density at radius 3 is 1.21 bits per heavy atom. The van der Waals surface area contributed by atoms with Gasteiger partial charge in [-0.25, -0.2) is 0 Å². The highest BCUT2D eigenvalue weighted by Gasteiger charge is 2.42. The highest BCUT2D eigenvalue weighted by molar-refractivity contribution is 5.97. The Balaban J connectivity index is 1.09. The fourth-order valence-corrected chi connectivity index (χ4v) is 10.3. The van der Waals surface area contributed by atoms with E-state index in [0.29, 0.717) is 0 Å². The van der Waals surface area contributed by atoms with Crippen LogP contribution in [-0.2, 0) is 10.8 Å². The van der Waals surface area contributed by atoms with Crippen LogP contribution in [0.3, 0.4) is 0 Å². The van der Waals surface area contributed by atoms with Gasteiger partial charge in [-0.3, -0.25) is 0 Å². The SMILES string of the molecule is CC1(C)c2cc(-c3cc(N(c4ccccc4)c4ccccc4)cc(N(c4ccccc4)c4ccccc4)c3)ccc2-c2cc3c(cc21)-c1c(-c2ccccc2)cccc1C3(C)C. The number of para-hydroxylation sites is 4. The molecule has 0 saturated heterocycles. The van der Waals surface area contributed by atoms with Crippen molar-refractivity contribution in [2.45, 2.75) is 38.5 Å². The van der Waals surface area contributed by atoms with Crippen molar-refractivity contribution >= 4 is 34.1 Å². The van der Waals surface area contributed by atoms with Gasteiger partial charge >= 0.3 is 0 Å². The molecule has 2 aliphatic rings. The molecule has 62 heavy (non-hydrogen) atoms. The Bertz CT molecular complexity index is 2920. The zero-order valence-corrected chi connectivity index (χ0v) is 35.7. The summed E-state index contributed by atoms with van der Waals surface area (Å²) in [4.78, 5) is 4.75. The van der Waals surface area contributed by atoms with Gasteiger partial charge in [-0.05, 0) is 152 Å². The van der Waals surface area contributed by atoms with Crippen molar-refractivity contribution in [3.05, 3.63) is 241 Å². The van der Waals surface area contributed by atoms with Crippen LogP contribution >= 0.6 is 0 Å². The molecule has 2 nitrogen and oxygen atoms in total. The first-order chi connectivity index (χ1) is 30.3. The average Bonchev–Trinajstić information content (AvgIpc) is 3.68. The molecule has 0 heterocycles. The van der Waals surface area contributed by atoms with Gasteiger partial charge < -0.3 is 9.80 Å². The molecule has 0 saturated carbocycles. The van der Waals surface area contributed by atoms with Gasteiger partial charge in [-0.1, -0.05) is 161 Å². The molecule has 298 valence electrons. The molecule has 0 amide bonds. The summed E-state index contributed by atoms with van der Waals surface area (Å²) in [6.45, 7) is 9.63. The number of benzene rings is 9. The number of fused-ring (bicyclic) bond motifs is 6. The normalized spacial score (nSPS) is 13.7. The standard InChI is InChI=1S/C60H48N2/c1-59(2)54-32-20-31-50(41-21-10-5-11-22-41)58(54)53-40-56-52(39-57(53)59)51-34-33-42(37-55(51)60(56,3)4)43-35-48(61(44-23-12-6-13-24-44)45-25-14-7-15-26-45)38-49(36-43)62(46-27-16-8-17-28-46)47-29-18-9-19-30-47/h5-40H,1-4H3. The lowest BCUT2D eigenvalue weighted by Crippen LogP contribution is -2.17. The van der Waals surface area contributed by atoms with Crippen LogP contribution in [0.5, 0.6) is 0 Å². The zero-order valence-electron chi connectivity index (χ0n) is 35.7. The van der Waals surface area contributed by atoms with E-state index in [9.17, 15) is 0 Å². The molecule has 0 aliphatic heterocycles. The molecule has 0 radical (unpaired) electrons. The first-order valence-electron chi connectivity index (χ1n) is 21.8. The highest BCUT2D eigenvalue weighted by Crippen LogP contribution is 2.58. The van der Waals surface area contributed by atoms with E-state index >= 15 is 0 Å². The molecule has 9 aromatic rings. The third-order valence-electron chi connectivity index (χ3n) is 13.4. The van der Waals surface area contributed by atoms with E-state index in [0.717, 1.165) is 39.7 Å². The minimum Gasteiger partial charge on any atom is -0.310 e. The lowest BCUT2D eigenvalue weighted by atomic mass is 9.79. The minimum absolute atomic E-state index is 0.124. The summed E-state index contributed by atoms with van der Waals surface area (Å²) in [5.74, 6) is 0. The van der Waals surface area contributed by atoms with E-state index in [1.54, 1.807) is 0 Å². The summed E-state index contributed by atoms with van der Waals surface area (Å²) in [6, 6.07) is 80.0. The maximum atomic E-state index is 2.54. The highest BCUT2D eigenvalue weighted by atomic mass is 15.2. The van der Waals surface area contributed by atoms with Gasteiger partial charge in [-0.2, -0.15) is 0 Å². The van der Waals surface area contributed by atoms with Crippen molar-refractivity contribution in [1.29, 1.82) is 0 Å². The van der Waals surface area contributed by atoms with Crippen molar-refractivity contribution in [2.24, 2.45) is 0 Å². The third kappa shape index (κ3) is 6.09. The summed E-state index contributed by atoms with van der Waals surface area (Å²) in [5.41, 5.74) is 22.1. The minimum atomic E-state index is -0.217. The summed E-state index contributed by atoms with van der Waals surface area (Å²) < 4.78 is 0. The smallest absolute Gasteiger partial charge is 0.0488 e. The van der Waals surface area contributed by atoms with Gasteiger partial charge in [0, 0.05) is 45.0 Å². The number of nitrogens with zero attached hydrogens (tertiary/aromatic N) is 2. The fourth-order valence-electron chi connectivity index (χ4n) is 10.3. The van der Waals surface area contributed by atoms with Crippen LogP contribution in [0.25, 0.3) is 44.5 Å². The van der Waals surface area contributed by atoms with Gasteiger partial charge in [-0.15, -0.1) is 0 Å². The number of rotatable bonds is 8. The van der Waals surface area contributed by atoms with Crippen LogP contribution in [0.15, 0.2) is 218 Å². The molecule has 0 unspecified atom stereocenters. The van der Waals surface area contributed by atoms with Gasteiger partial charge in [0.15, 0.2) is 0 Å². The predicted octanol–water partition coefficient (Wildman–Crippen LogP) is 16.6. The lowest BCUT2D eigenvalue weighted by molar-refractivity contribution is 0.652. The van der Waals surface area contributed by atoms with E-state index in [4.69, 9.17) is 0 Å². The summed E-state index contributed by atoms with van der Waals surface area (Å²) in [5, 5.41) is 0. The quantitative estimate of drug-likeness (QED) is 0.151. The second kappa shape index (κ2) is 14.6. The first kappa shape index (κ1) is 37.6. The molecule has 0 spiro atoms. The van der Waals surface area contributed by atoms with Crippen molar-refractivity contribution in [3.63, 3.8) is 0 Å². The van der Waals surface area contributed by atoms with Crippen molar-refractivity contribution < 1.29 is 0 Å². The number of anilines is 6.